The van der Waals surface area contributed by atoms with Gasteiger partial charge in [0, 0.05) is 10.8 Å². The number of ether oxygens (including phenoxy) is 1. The van der Waals surface area contributed by atoms with E-state index in [1.807, 2.05) is 6.07 Å². The first-order chi connectivity index (χ1) is 9.19. The maximum atomic E-state index is 13.5. The van der Waals surface area contributed by atoms with Gasteiger partial charge in [0.25, 0.3) is 0 Å². The van der Waals surface area contributed by atoms with Gasteiger partial charge in [0.15, 0.2) is 16.7 Å². The van der Waals surface area contributed by atoms with Crippen LogP contribution < -0.4 is 10.5 Å². The van der Waals surface area contributed by atoms with Crippen molar-refractivity contribution in [3.05, 3.63) is 40.2 Å². The molecule has 0 spiro atoms. The van der Waals surface area contributed by atoms with Crippen LogP contribution in [0.5, 0.6) is 5.75 Å². The molecule has 3 nitrogen and oxygen atoms in total. The molecule has 0 amide bonds. The number of hydrogen-bond acceptors (Lipinski definition) is 4. The van der Waals surface area contributed by atoms with Crippen LogP contribution in [-0.2, 0) is 6.42 Å². The highest BCUT2D eigenvalue weighted by atomic mass is 32.1. The summed E-state index contributed by atoms with van der Waals surface area (Å²) >= 11 is 1.54. The van der Waals surface area contributed by atoms with E-state index >= 15 is 0 Å². The Morgan fingerprint density at radius 3 is 3.11 bits per heavy atom. The van der Waals surface area contributed by atoms with E-state index in [-0.39, 0.29) is 11.7 Å². The molecule has 0 bridgehead atoms. The number of nitrogen functional groups attached to an aromatic ring is 1. The molecular formula is C14H15FN2OS. The summed E-state index contributed by atoms with van der Waals surface area (Å²) in [5, 5.41) is 0.617. The predicted octanol–water partition coefficient (Wildman–Crippen LogP) is 3.34. The summed E-state index contributed by atoms with van der Waals surface area (Å²) in [5.41, 5.74) is 7.97. The molecule has 1 atom stereocenters. The summed E-state index contributed by atoms with van der Waals surface area (Å²) in [7, 11) is 1.49. The molecule has 19 heavy (non-hydrogen) atoms. The van der Waals surface area contributed by atoms with E-state index in [0.29, 0.717) is 10.9 Å². The lowest BCUT2D eigenvalue weighted by Gasteiger charge is -2.22. The molecule has 1 aromatic carbocycles. The molecule has 1 aromatic heterocycles. The zero-order chi connectivity index (χ0) is 13.4. The third-order valence-electron chi connectivity index (χ3n) is 3.54. The normalized spacial score (nSPS) is 18.1. The van der Waals surface area contributed by atoms with Crippen LogP contribution in [0.2, 0.25) is 0 Å². The number of aromatic nitrogens is 1. The molecule has 1 aliphatic carbocycles. The number of nitrogens with zero attached hydrogens (tertiary/aromatic N) is 1. The maximum Gasteiger partial charge on any atom is 0.180 e. The molecule has 0 fully saturated rings. The predicted molar refractivity (Wildman–Crippen MR) is 74.3 cm³/mol. The molecule has 2 aromatic rings. The number of nitrogens with two attached hydrogens (primary N) is 1. The van der Waals surface area contributed by atoms with E-state index in [1.54, 1.807) is 17.4 Å². The number of hydrogen-bond donors (Lipinski definition) is 1. The van der Waals surface area contributed by atoms with Gasteiger partial charge in [-0.25, -0.2) is 9.37 Å². The second-order valence-corrected chi connectivity index (χ2v) is 5.76. The number of benzene rings is 1. The summed E-state index contributed by atoms with van der Waals surface area (Å²) in [5.74, 6) is 0.223. The summed E-state index contributed by atoms with van der Waals surface area (Å²) in [6, 6.07) is 5.07. The number of methoxy groups -OCH3 is 1. The van der Waals surface area contributed by atoms with E-state index in [4.69, 9.17) is 10.5 Å². The number of rotatable bonds is 2. The first kappa shape index (κ1) is 12.4. The van der Waals surface area contributed by atoms with Crippen molar-refractivity contribution in [3.63, 3.8) is 0 Å². The van der Waals surface area contributed by atoms with Crippen LogP contribution in [0.25, 0.3) is 0 Å². The Balaban J connectivity index is 2.03. The fraction of sp³-hybridized carbons (Fsp3) is 0.357. The van der Waals surface area contributed by atoms with Crippen molar-refractivity contribution in [1.82, 2.24) is 4.98 Å². The van der Waals surface area contributed by atoms with Crippen LogP contribution in [-0.4, -0.2) is 12.1 Å². The third-order valence-corrected chi connectivity index (χ3v) is 4.58. The maximum absolute atomic E-state index is 13.5. The number of halogens is 1. The van der Waals surface area contributed by atoms with E-state index in [9.17, 15) is 4.39 Å². The number of fused-ring (bicyclic) bond motifs is 1. The fourth-order valence-electron chi connectivity index (χ4n) is 2.65. The summed E-state index contributed by atoms with van der Waals surface area (Å²) < 4.78 is 18.5. The Hall–Kier alpha value is -1.62. The van der Waals surface area contributed by atoms with Crippen molar-refractivity contribution in [3.8, 4) is 5.75 Å². The number of aryl methyl sites for hydroxylation is 1. The molecule has 0 aliphatic heterocycles. The van der Waals surface area contributed by atoms with Gasteiger partial charge in [-0.15, -0.1) is 11.3 Å². The summed E-state index contributed by atoms with van der Waals surface area (Å²) in [4.78, 5) is 5.60. The fourth-order valence-corrected chi connectivity index (χ4v) is 3.69. The van der Waals surface area contributed by atoms with Crippen LogP contribution in [0, 0.1) is 5.82 Å². The van der Waals surface area contributed by atoms with E-state index < -0.39 is 0 Å². The molecule has 0 radical (unpaired) electrons. The second kappa shape index (κ2) is 4.81. The zero-order valence-corrected chi connectivity index (χ0v) is 11.5. The van der Waals surface area contributed by atoms with Crippen molar-refractivity contribution >= 4 is 16.5 Å². The third kappa shape index (κ3) is 2.18. The Kier molecular flexibility index (Phi) is 3.14. The zero-order valence-electron chi connectivity index (χ0n) is 10.6. The average molecular weight is 278 g/mol. The van der Waals surface area contributed by atoms with Crippen LogP contribution >= 0.6 is 11.3 Å². The molecule has 1 aliphatic rings. The first-order valence-corrected chi connectivity index (χ1v) is 7.09. The van der Waals surface area contributed by atoms with Gasteiger partial charge < -0.3 is 10.5 Å². The van der Waals surface area contributed by atoms with Gasteiger partial charge in [-0.1, -0.05) is 6.07 Å². The monoisotopic (exact) mass is 278 g/mol. The first-order valence-electron chi connectivity index (χ1n) is 6.27. The van der Waals surface area contributed by atoms with Crippen LogP contribution in [0.3, 0.4) is 0 Å². The number of anilines is 1. The van der Waals surface area contributed by atoms with Gasteiger partial charge in [0.1, 0.15) is 0 Å². The minimum Gasteiger partial charge on any atom is -0.494 e. The Bertz CT molecular complexity index is 611. The lowest BCUT2D eigenvalue weighted by atomic mass is 9.86. The van der Waals surface area contributed by atoms with Gasteiger partial charge in [-0.05, 0) is 37.0 Å². The van der Waals surface area contributed by atoms with E-state index in [0.717, 1.165) is 30.5 Å². The average Bonchev–Trinajstić information content (AvgIpc) is 2.79. The molecule has 2 N–H and O–H groups in total. The lowest BCUT2D eigenvalue weighted by molar-refractivity contribution is 0.385. The topological polar surface area (TPSA) is 48.1 Å². The summed E-state index contributed by atoms with van der Waals surface area (Å²) in [6.45, 7) is 0. The second-order valence-electron chi connectivity index (χ2n) is 4.70. The van der Waals surface area contributed by atoms with Gasteiger partial charge in [-0.3, -0.25) is 0 Å². The SMILES string of the molecule is COc1cc(C2CCCc3nc(N)sc32)ccc1F. The highest BCUT2D eigenvalue weighted by Crippen LogP contribution is 2.41. The highest BCUT2D eigenvalue weighted by molar-refractivity contribution is 7.15. The van der Waals surface area contributed by atoms with Gasteiger partial charge in [-0.2, -0.15) is 0 Å². The molecule has 100 valence electrons. The van der Waals surface area contributed by atoms with Crippen molar-refractivity contribution in [2.24, 2.45) is 0 Å². The van der Waals surface area contributed by atoms with Gasteiger partial charge in [0.2, 0.25) is 0 Å². The Labute approximate surface area is 115 Å². The van der Waals surface area contributed by atoms with E-state index in [1.165, 1.54) is 18.1 Å². The van der Waals surface area contributed by atoms with Crippen LogP contribution in [0.4, 0.5) is 9.52 Å². The van der Waals surface area contributed by atoms with Crippen molar-refractivity contribution < 1.29 is 9.13 Å². The molecule has 3 rings (SSSR count). The van der Waals surface area contributed by atoms with Crippen molar-refractivity contribution in [1.29, 1.82) is 0 Å². The quantitative estimate of drug-likeness (QED) is 0.916. The molecule has 0 saturated heterocycles. The van der Waals surface area contributed by atoms with E-state index in [2.05, 4.69) is 4.98 Å². The highest BCUT2D eigenvalue weighted by Gasteiger charge is 2.26. The van der Waals surface area contributed by atoms with Gasteiger partial charge >= 0.3 is 0 Å². The van der Waals surface area contributed by atoms with Gasteiger partial charge in [0.05, 0.1) is 12.8 Å². The largest absolute Gasteiger partial charge is 0.494 e. The molecular weight excluding hydrogens is 263 g/mol. The molecule has 5 heteroatoms. The number of thiazole rings is 1. The lowest BCUT2D eigenvalue weighted by Crippen LogP contribution is -2.09. The smallest absolute Gasteiger partial charge is 0.180 e. The van der Waals surface area contributed by atoms with Crippen molar-refractivity contribution in [2.45, 2.75) is 25.2 Å². The van der Waals surface area contributed by atoms with Crippen molar-refractivity contribution in [2.75, 3.05) is 12.8 Å². The minimum absolute atomic E-state index is 0.257. The standard InChI is InChI=1S/C14H15FN2OS/c1-18-12-7-8(5-6-10(12)15)9-3-2-4-11-13(9)19-14(16)17-11/h5-7,9H,2-4H2,1H3,(H2,16,17). The molecule has 1 heterocycles. The van der Waals surface area contributed by atoms with Crippen LogP contribution in [0.15, 0.2) is 18.2 Å². The Morgan fingerprint density at radius 2 is 2.32 bits per heavy atom. The Morgan fingerprint density at radius 1 is 1.47 bits per heavy atom. The molecule has 0 saturated carbocycles. The molecule has 1 unspecified atom stereocenters. The van der Waals surface area contributed by atoms with Crippen LogP contribution in [0.1, 0.15) is 34.9 Å². The minimum atomic E-state index is -0.328. The summed E-state index contributed by atoms with van der Waals surface area (Å²) in [6.07, 6.45) is 3.11.